The number of halogens is 1. The molecule has 1 aromatic rings. The fourth-order valence-electron chi connectivity index (χ4n) is 2.37. The highest BCUT2D eigenvalue weighted by atomic mass is 79.9. The van der Waals surface area contributed by atoms with Gasteiger partial charge in [-0.1, -0.05) is 35.9 Å². The van der Waals surface area contributed by atoms with Crippen LogP contribution in [-0.2, 0) is 0 Å². The second-order valence-corrected chi connectivity index (χ2v) is 6.03. The molecule has 1 unspecified atom stereocenters. The van der Waals surface area contributed by atoms with E-state index >= 15 is 0 Å². The van der Waals surface area contributed by atoms with Crippen molar-refractivity contribution < 1.29 is 0 Å². The number of nitrogens with one attached hydrogen (secondary N) is 1. The number of nitrogens with zero attached hydrogens (tertiary/aromatic N) is 1. The lowest BCUT2D eigenvalue weighted by atomic mass is 10.0. The minimum absolute atomic E-state index is 0.353. The highest BCUT2D eigenvalue weighted by Gasteiger charge is 2.14. The van der Waals surface area contributed by atoms with Gasteiger partial charge >= 0.3 is 0 Å². The molecule has 0 aliphatic rings. The third kappa shape index (κ3) is 4.95. The Morgan fingerprint density at radius 3 is 2.70 bits per heavy atom. The van der Waals surface area contributed by atoms with Crippen molar-refractivity contribution in [2.45, 2.75) is 39.7 Å². The molecule has 0 heterocycles. The van der Waals surface area contributed by atoms with Crippen LogP contribution in [0.3, 0.4) is 0 Å². The topological polar surface area (TPSA) is 15.3 Å². The van der Waals surface area contributed by atoms with E-state index in [1.165, 1.54) is 11.3 Å². The highest BCUT2D eigenvalue weighted by molar-refractivity contribution is 9.10. The Bertz CT molecular complexity index is 417. The van der Waals surface area contributed by atoms with Crippen molar-refractivity contribution in [1.29, 1.82) is 0 Å². The summed E-state index contributed by atoms with van der Waals surface area (Å²) in [5.74, 6) is 0. The summed E-state index contributed by atoms with van der Waals surface area (Å²) in [6.07, 6.45) is 4.27. The van der Waals surface area contributed by atoms with Gasteiger partial charge in [-0.2, -0.15) is 0 Å². The molecule has 1 N–H and O–H groups in total. The van der Waals surface area contributed by atoms with Crippen molar-refractivity contribution in [3.8, 4) is 0 Å². The fraction of sp³-hybridized carbons (Fsp3) is 0.529. The Hall–Kier alpha value is -0.800. The third-order valence-corrected chi connectivity index (χ3v) is 3.83. The Kier molecular flexibility index (Phi) is 7.93. The largest absolute Gasteiger partial charge is 0.368 e. The molecule has 0 amide bonds. The Labute approximate surface area is 132 Å². The lowest BCUT2D eigenvalue weighted by Gasteiger charge is -2.28. The highest BCUT2D eigenvalue weighted by Crippen LogP contribution is 2.29. The van der Waals surface area contributed by atoms with E-state index < -0.39 is 0 Å². The average Bonchev–Trinajstić information content (AvgIpc) is 2.44. The average molecular weight is 339 g/mol. The van der Waals surface area contributed by atoms with Gasteiger partial charge in [-0.25, -0.2) is 0 Å². The summed E-state index contributed by atoms with van der Waals surface area (Å²) < 4.78 is 1.14. The van der Waals surface area contributed by atoms with Crippen molar-refractivity contribution >= 4 is 21.6 Å². The van der Waals surface area contributed by atoms with E-state index in [0.717, 1.165) is 36.9 Å². The van der Waals surface area contributed by atoms with E-state index in [1.807, 2.05) is 6.08 Å². The lowest BCUT2D eigenvalue weighted by Crippen LogP contribution is -2.28. The van der Waals surface area contributed by atoms with Crippen molar-refractivity contribution in [3.63, 3.8) is 0 Å². The summed E-state index contributed by atoms with van der Waals surface area (Å²) in [6.45, 7) is 13.5. The maximum Gasteiger partial charge on any atom is 0.0418 e. The van der Waals surface area contributed by atoms with E-state index in [-0.39, 0.29) is 0 Å². The molecule has 0 radical (unpaired) electrons. The fourth-order valence-corrected chi connectivity index (χ4v) is 2.75. The van der Waals surface area contributed by atoms with Gasteiger partial charge in [0.1, 0.15) is 0 Å². The Balaban J connectivity index is 3.06. The maximum atomic E-state index is 3.88. The Morgan fingerprint density at radius 2 is 2.10 bits per heavy atom. The molecule has 0 spiro atoms. The van der Waals surface area contributed by atoms with Gasteiger partial charge in [0.2, 0.25) is 0 Å². The van der Waals surface area contributed by atoms with Crippen LogP contribution >= 0.6 is 15.9 Å². The molecule has 2 nitrogen and oxygen atoms in total. The Morgan fingerprint density at radius 1 is 1.35 bits per heavy atom. The molecule has 112 valence electrons. The summed E-state index contributed by atoms with van der Waals surface area (Å²) in [5.41, 5.74) is 2.66. The van der Waals surface area contributed by atoms with Crippen molar-refractivity contribution in [1.82, 2.24) is 5.32 Å². The second kappa shape index (κ2) is 9.19. The molecule has 0 aromatic heterocycles. The molecular weight excluding hydrogens is 312 g/mol. The van der Waals surface area contributed by atoms with Crippen LogP contribution in [0.2, 0.25) is 0 Å². The van der Waals surface area contributed by atoms with Crippen LogP contribution in [0.5, 0.6) is 0 Å². The SMILES string of the molecule is C=CCN(CCC)c1ccc(Br)cc1C(C)NCCC. The van der Waals surface area contributed by atoms with Crippen molar-refractivity contribution in [2.24, 2.45) is 0 Å². The van der Waals surface area contributed by atoms with Crippen LogP contribution in [0.25, 0.3) is 0 Å². The van der Waals surface area contributed by atoms with Crippen molar-refractivity contribution in [2.75, 3.05) is 24.5 Å². The standard InChI is InChI=1S/C17H27BrN2/c1-5-10-19-14(4)16-13-15(18)8-9-17(16)20(11-6-2)12-7-3/h6,8-9,13-14,19H,2,5,7,10-12H2,1,3-4H3. The third-order valence-electron chi connectivity index (χ3n) is 3.34. The number of hydrogen-bond donors (Lipinski definition) is 1. The first-order valence-corrected chi connectivity index (χ1v) is 8.32. The van der Waals surface area contributed by atoms with Gasteiger partial charge in [-0.3, -0.25) is 0 Å². The number of hydrogen-bond acceptors (Lipinski definition) is 2. The van der Waals surface area contributed by atoms with Gasteiger partial charge in [0.25, 0.3) is 0 Å². The molecule has 0 aliphatic carbocycles. The molecule has 1 rings (SSSR count). The molecule has 0 fully saturated rings. The number of rotatable bonds is 9. The van der Waals surface area contributed by atoms with Crippen LogP contribution in [-0.4, -0.2) is 19.6 Å². The molecule has 1 atom stereocenters. The molecule has 1 aromatic carbocycles. The van der Waals surface area contributed by atoms with E-state index in [1.54, 1.807) is 0 Å². The van der Waals surface area contributed by atoms with E-state index in [2.05, 4.69) is 71.7 Å². The molecule has 0 aliphatic heterocycles. The molecule has 3 heteroatoms. The predicted molar refractivity (Wildman–Crippen MR) is 93.6 cm³/mol. The normalized spacial score (nSPS) is 12.2. The van der Waals surface area contributed by atoms with Crippen LogP contribution in [0, 0.1) is 0 Å². The number of benzene rings is 1. The quantitative estimate of drug-likeness (QED) is 0.643. The molecule has 0 bridgehead atoms. The first-order chi connectivity index (χ1) is 9.63. The van der Waals surface area contributed by atoms with Gasteiger partial charge in [-0.05, 0) is 50.1 Å². The van der Waals surface area contributed by atoms with Crippen LogP contribution < -0.4 is 10.2 Å². The first-order valence-electron chi connectivity index (χ1n) is 7.52. The zero-order valence-electron chi connectivity index (χ0n) is 13.0. The first kappa shape index (κ1) is 17.3. The second-order valence-electron chi connectivity index (χ2n) is 5.11. The number of anilines is 1. The van der Waals surface area contributed by atoms with Gasteiger partial charge in [0.05, 0.1) is 0 Å². The van der Waals surface area contributed by atoms with Crippen LogP contribution in [0.4, 0.5) is 5.69 Å². The van der Waals surface area contributed by atoms with Gasteiger partial charge in [0, 0.05) is 29.3 Å². The molecule has 20 heavy (non-hydrogen) atoms. The zero-order chi connectivity index (χ0) is 15.0. The summed E-state index contributed by atoms with van der Waals surface area (Å²) in [4.78, 5) is 2.40. The minimum atomic E-state index is 0.353. The van der Waals surface area contributed by atoms with Crippen LogP contribution in [0.15, 0.2) is 35.3 Å². The van der Waals surface area contributed by atoms with Gasteiger partial charge in [0.15, 0.2) is 0 Å². The monoisotopic (exact) mass is 338 g/mol. The lowest BCUT2D eigenvalue weighted by molar-refractivity contribution is 0.569. The van der Waals surface area contributed by atoms with E-state index in [0.29, 0.717) is 6.04 Å². The smallest absolute Gasteiger partial charge is 0.0418 e. The molecular formula is C17H27BrN2. The summed E-state index contributed by atoms with van der Waals surface area (Å²) in [7, 11) is 0. The van der Waals surface area contributed by atoms with E-state index in [9.17, 15) is 0 Å². The van der Waals surface area contributed by atoms with Gasteiger partial charge < -0.3 is 10.2 Å². The predicted octanol–water partition coefficient (Wildman–Crippen LogP) is 4.91. The van der Waals surface area contributed by atoms with Crippen molar-refractivity contribution in [3.05, 3.63) is 40.9 Å². The minimum Gasteiger partial charge on any atom is -0.368 e. The van der Waals surface area contributed by atoms with Crippen LogP contribution in [0.1, 0.15) is 45.2 Å². The zero-order valence-corrected chi connectivity index (χ0v) is 14.5. The summed E-state index contributed by atoms with van der Waals surface area (Å²) >= 11 is 3.59. The molecule has 0 saturated carbocycles. The van der Waals surface area contributed by atoms with Gasteiger partial charge in [-0.15, -0.1) is 6.58 Å². The molecule has 0 saturated heterocycles. The summed E-state index contributed by atoms with van der Waals surface area (Å²) in [6, 6.07) is 6.92. The maximum absolute atomic E-state index is 3.88. The summed E-state index contributed by atoms with van der Waals surface area (Å²) in [5, 5.41) is 3.58. The van der Waals surface area contributed by atoms with E-state index in [4.69, 9.17) is 0 Å².